The molecule has 0 aromatic carbocycles. The van der Waals surface area contributed by atoms with E-state index in [2.05, 4.69) is 106 Å². The molecule has 468 valence electrons. The summed E-state index contributed by atoms with van der Waals surface area (Å²) in [5, 5.41) is 0. The standard InChI is InChI=1S/C75H132O6/c1-4-7-10-13-16-19-22-25-28-30-32-34-36-37-39-40-42-44-47-50-53-56-59-62-65-68-74(77)80-71-72(70-79-73(76)67-64-61-58-55-52-49-46-27-24-21-18-15-12-9-6-3)81-75(78)69-66-63-60-57-54-51-48-45-43-41-38-35-33-31-29-26-23-20-17-14-11-8-5-2/h9,12,18,21-23,25-27,30-33,46,72H,4-8,10-11,13-17,19-20,24,28-29,34-45,47-71H2,1-3H3/b12-9-,21-18-,25-22-,26-23-,32-30-,33-31-,46-27-. The van der Waals surface area contributed by atoms with Crippen molar-refractivity contribution in [1.82, 2.24) is 0 Å². The van der Waals surface area contributed by atoms with Crippen LogP contribution in [0.1, 0.15) is 355 Å². The molecule has 6 heteroatoms. The lowest BCUT2D eigenvalue weighted by Crippen LogP contribution is -2.30. The lowest BCUT2D eigenvalue weighted by molar-refractivity contribution is -0.167. The molecular formula is C75H132O6. The zero-order valence-electron chi connectivity index (χ0n) is 53.8. The Morgan fingerprint density at radius 3 is 0.753 bits per heavy atom. The normalized spacial score (nSPS) is 12.6. The minimum atomic E-state index is -0.787. The lowest BCUT2D eigenvalue weighted by Gasteiger charge is -2.18. The van der Waals surface area contributed by atoms with Crippen LogP contribution in [0.15, 0.2) is 85.1 Å². The Morgan fingerprint density at radius 2 is 0.481 bits per heavy atom. The number of carbonyl (C=O) groups excluding carboxylic acids is 3. The molecular weight excluding hydrogens is 997 g/mol. The maximum atomic E-state index is 13.0. The number of unbranched alkanes of at least 4 members (excludes halogenated alkanes) is 39. The van der Waals surface area contributed by atoms with Crippen molar-refractivity contribution < 1.29 is 28.6 Å². The van der Waals surface area contributed by atoms with Gasteiger partial charge >= 0.3 is 17.9 Å². The molecule has 0 bridgehead atoms. The van der Waals surface area contributed by atoms with Crippen molar-refractivity contribution >= 4 is 17.9 Å². The highest BCUT2D eigenvalue weighted by Gasteiger charge is 2.19. The number of ether oxygens (including phenoxy) is 3. The predicted molar refractivity (Wildman–Crippen MR) is 353 cm³/mol. The highest BCUT2D eigenvalue weighted by Crippen LogP contribution is 2.17. The second-order valence-electron chi connectivity index (χ2n) is 23.4. The minimum absolute atomic E-state index is 0.0814. The van der Waals surface area contributed by atoms with Crippen LogP contribution in [0, 0.1) is 0 Å². The van der Waals surface area contributed by atoms with E-state index in [4.69, 9.17) is 14.2 Å². The van der Waals surface area contributed by atoms with Crippen LogP contribution in [0.3, 0.4) is 0 Å². The van der Waals surface area contributed by atoms with Gasteiger partial charge in [0.05, 0.1) is 0 Å². The molecule has 0 fully saturated rings. The number of carbonyl (C=O) groups is 3. The van der Waals surface area contributed by atoms with Crippen LogP contribution in [0.5, 0.6) is 0 Å². The van der Waals surface area contributed by atoms with Gasteiger partial charge in [-0.25, -0.2) is 0 Å². The molecule has 0 radical (unpaired) electrons. The third-order valence-electron chi connectivity index (χ3n) is 15.4. The van der Waals surface area contributed by atoms with Gasteiger partial charge in [-0.3, -0.25) is 14.4 Å². The van der Waals surface area contributed by atoms with Gasteiger partial charge < -0.3 is 14.2 Å². The van der Waals surface area contributed by atoms with Gasteiger partial charge in [-0.15, -0.1) is 0 Å². The molecule has 0 saturated carbocycles. The maximum Gasteiger partial charge on any atom is 0.306 e. The Kier molecular flexibility index (Phi) is 66.2. The molecule has 0 N–H and O–H groups in total. The number of rotatable bonds is 64. The van der Waals surface area contributed by atoms with Crippen molar-refractivity contribution in [1.29, 1.82) is 0 Å². The van der Waals surface area contributed by atoms with Crippen molar-refractivity contribution in [2.45, 2.75) is 361 Å². The van der Waals surface area contributed by atoms with Crippen LogP contribution in [0.4, 0.5) is 0 Å². The molecule has 0 heterocycles. The van der Waals surface area contributed by atoms with Gasteiger partial charge in [0.15, 0.2) is 6.10 Å². The third kappa shape index (κ3) is 67.3. The van der Waals surface area contributed by atoms with Gasteiger partial charge in [-0.1, -0.05) is 305 Å². The second-order valence-corrected chi connectivity index (χ2v) is 23.4. The van der Waals surface area contributed by atoms with Crippen molar-refractivity contribution in [3.8, 4) is 0 Å². The first kappa shape index (κ1) is 77.6. The fourth-order valence-electron chi connectivity index (χ4n) is 10.1. The smallest absolute Gasteiger partial charge is 0.306 e. The number of allylic oxidation sites excluding steroid dienone is 14. The first-order valence-electron chi connectivity index (χ1n) is 35.1. The van der Waals surface area contributed by atoms with Crippen LogP contribution in [0.2, 0.25) is 0 Å². The van der Waals surface area contributed by atoms with Crippen LogP contribution in [-0.4, -0.2) is 37.2 Å². The second kappa shape index (κ2) is 69.1. The summed E-state index contributed by atoms with van der Waals surface area (Å²) >= 11 is 0. The summed E-state index contributed by atoms with van der Waals surface area (Å²) < 4.78 is 17.0. The van der Waals surface area contributed by atoms with E-state index in [0.29, 0.717) is 19.3 Å². The van der Waals surface area contributed by atoms with E-state index in [9.17, 15) is 14.4 Å². The van der Waals surface area contributed by atoms with E-state index >= 15 is 0 Å². The highest BCUT2D eigenvalue weighted by molar-refractivity contribution is 5.71. The Balaban J connectivity index is 4.32. The fraction of sp³-hybridized carbons (Fsp3) is 0.773. The van der Waals surface area contributed by atoms with Crippen molar-refractivity contribution in [3.05, 3.63) is 85.1 Å². The molecule has 0 amide bonds. The van der Waals surface area contributed by atoms with E-state index in [1.807, 2.05) is 0 Å². The summed E-state index contributed by atoms with van der Waals surface area (Å²) in [5.41, 5.74) is 0. The third-order valence-corrected chi connectivity index (χ3v) is 15.4. The Hall–Kier alpha value is -3.41. The van der Waals surface area contributed by atoms with Crippen LogP contribution >= 0.6 is 0 Å². The molecule has 81 heavy (non-hydrogen) atoms. The lowest BCUT2D eigenvalue weighted by atomic mass is 10.0. The Labute approximate surface area is 503 Å². The molecule has 6 nitrogen and oxygen atoms in total. The fourth-order valence-corrected chi connectivity index (χ4v) is 10.1. The molecule has 0 aromatic heterocycles. The van der Waals surface area contributed by atoms with Gasteiger partial charge in [0.2, 0.25) is 0 Å². The molecule has 0 aliphatic heterocycles. The minimum Gasteiger partial charge on any atom is -0.462 e. The molecule has 1 atom stereocenters. The van der Waals surface area contributed by atoms with Crippen LogP contribution in [-0.2, 0) is 28.6 Å². The van der Waals surface area contributed by atoms with Gasteiger partial charge in [-0.05, 0) is 116 Å². The maximum absolute atomic E-state index is 13.0. The van der Waals surface area contributed by atoms with E-state index < -0.39 is 6.10 Å². The summed E-state index contributed by atoms with van der Waals surface area (Å²) in [6.07, 6.45) is 91.8. The molecule has 0 aliphatic carbocycles. The summed E-state index contributed by atoms with van der Waals surface area (Å²) in [7, 11) is 0. The molecule has 0 rings (SSSR count). The monoisotopic (exact) mass is 1130 g/mol. The van der Waals surface area contributed by atoms with Crippen molar-refractivity contribution in [2.24, 2.45) is 0 Å². The average Bonchev–Trinajstić information content (AvgIpc) is 3.47. The zero-order valence-corrected chi connectivity index (χ0v) is 53.8. The Bertz CT molecular complexity index is 1530. The first-order chi connectivity index (χ1) is 40.0. The number of hydrogen-bond donors (Lipinski definition) is 0. The summed E-state index contributed by atoms with van der Waals surface area (Å²) in [4.78, 5) is 38.5. The van der Waals surface area contributed by atoms with Crippen molar-refractivity contribution in [2.75, 3.05) is 13.2 Å². The van der Waals surface area contributed by atoms with Crippen LogP contribution < -0.4 is 0 Å². The Morgan fingerprint density at radius 1 is 0.259 bits per heavy atom. The van der Waals surface area contributed by atoms with Gasteiger partial charge in [0, 0.05) is 19.3 Å². The predicted octanol–water partition coefficient (Wildman–Crippen LogP) is 24.2. The van der Waals surface area contributed by atoms with E-state index in [1.54, 1.807) is 0 Å². The molecule has 0 spiro atoms. The van der Waals surface area contributed by atoms with E-state index in [1.165, 1.54) is 205 Å². The molecule has 0 saturated heterocycles. The molecule has 0 aliphatic rings. The quantitative estimate of drug-likeness (QED) is 0.0261. The average molecular weight is 1130 g/mol. The number of hydrogen-bond acceptors (Lipinski definition) is 6. The van der Waals surface area contributed by atoms with Gasteiger partial charge in [0.1, 0.15) is 13.2 Å². The molecule has 0 aromatic rings. The summed E-state index contributed by atoms with van der Waals surface area (Å²) in [5.74, 6) is -0.885. The van der Waals surface area contributed by atoms with Gasteiger partial charge in [0.25, 0.3) is 0 Å². The van der Waals surface area contributed by atoms with Crippen LogP contribution in [0.25, 0.3) is 0 Å². The van der Waals surface area contributed by atoms with Gasteiger partial charge in [-0.2, -0.15) is 0 Å². The topological polar surface area (TPSA) is 78.9 Å². The SMILES string of the molecule is CC/C=C\C/C=C\C/C=C\CCCCCCCC(=O)OCC(COC(=O)CCCCCCCCCCCCCCC/C=C\C/C=C\CCCCCCC)OC(=O)CCCCCCCCCCCCC/C=C\C/C=C\CCCCCCC. The highest BCUT2D eigenvalue weighted by atomic mass is 16.6. The van der Waals surface area contributed by atoms with Crippen molar-refractivity contribution in [3.63, 3.8) is 0 Å². The van der Waals surface area contributed by atoms with E-state index in [0.717, 1.165) is 109 Å². The zero-order chi connectivity index (χ0) is 58.5. The largest absolute Gasteiger partial charge is 0.462 e. The molecule has 1 unspecified atom stereocenters. The summed E-state index contributed by atoms with van der Waals surface area (Å²) in [6, 6.07) is 0. The van der Waals surface area contributed by atoms with E-state index in [-0.39, 0.29) is 31.1 Å². The summed E-state index contributed by atoms with van der Waals surface area (Å²) in [6.45, 7) is 6.54. The number of esters is 3. The first-order valence-corrected chi connectivity index (χ1v) is 35.1.